The molecule has 0 fully saturated rings. The lowest BCUT2D eigenvalue weighted by atomic mass is 9.76. The highest BCUT2D eigenvalue weighted by atomic mass is 16.5. The molecular formula is C15H33NO. The number of hydrogen-bond donors (Lipinski definition) is 1. The van der Waals surface area contributed by atoms with Gasteiger partial charge < -0.3 is 10.1 Å². The molecule has 2 heteroatoms. The Morgan fingerprint density at radius 2 is 1.53 bits per heavy atom. The minimum absolute atomic E-state index is 0.190. The van der Waals surface area contributed by atoms with Crippen molar-refractivity contribution in [1.29, 1.82) is 0 Å². The summed E-state index contributed by atoms with van der Waals surface area (Å²) < 4.78 is 5.69. The Labute approximate surface area is 109 Å². The fourth-order valence-electron chi connectivity index (χ4n) is 1.58. The van der Waals surface area contributed by atoms with Crippen molar-refractivity contribution in [2.45, 2.75) is 73.5 Å². The SMILES string of the molecule is CC(C)OCCC(C)(CNC(C)(C)C)C(C)C. The monoisotopic (exact) mass is 243 g/mol. The Bertz CT molecular complexity index is 205. The summed E-state index contributed by atoms with van der Waals surface area (Å²) >= 11 is 0. The average molecular weight is 243 g/mol. The van der Waals surface area contributed by atoms with Crippen molar-refractivity contribution >= 4 is 0 Å². The van der Waals surface area contributed by atoms with Crippen molar-refractivity contribution in [2.24, 2.45) is 11.3 Å². The molecule has 0 aliphatic rings. The molecule has 0 aromatic rings. The quantitative estimate of drug-likeness (QED) is 0.733. The first-order valence-electron chi connectivity index (χ1n) is 6.93. The summed E-state index contributed by atoms with van der Waals surface area (Å²) in [7, 11) is 0. The van der Waals surface area contributed by atoms with Gasteiger partial charge in [-0.25, -0.2) is 0 Å². The molecule has 0 saturated heterocycles. The van der Waals surface area contributed by atoms with Crippen molar-refractivity contribution in [3.05, 3.63) is 0 Å². The van der Waals surface area contributed by atoms with Crippen molar-refractivity contribution in [3.63, 3.8) is 0 Å². The van der Waals surface area contributed by atoms with Gasteiger partial charge in [-0.1, -0.05) is 20.8 Å². The molecule has 0 spiro atoms. The molecule has 0 aliphatic heterocycles. The van der Waals surface area contributed by atoms with Crippen LogP contribution >= 0.6 is 0 Å². The summed E-state index contributed by atoms with van der Waals surface area (Å²) in [6.07, 6.45) is 1.45. The average Bonchev–Trinajstić information content (AvgIpc) is 2.12. The van der Waals surface area contributed by atoms with Crippen LogP contribution in [-0.2, 0) is 4.74 Å². The Balaban J connectivity index is 4.26. The molecule has 17 heavy (non-hydrogen) atoms. The van der Waals surface area contributed by atoms with E-state index in [1.165, 1.54) is 0 Å². The normalized spacial score (nSPS) is 16.6. The summed E-state index contributed by atoms with van der Waals surface area (Å²) in [5.41, 5.74) is 0.497. The molecule has 0 heterocycles. The Morgan fingerprint density at radius 3 is 1.88 bits per heavy atom. The van der Waals surface area contributed by atoms with Crippen LogP contribution in [0, 0.1) is 11.3 Å². The fourth-order valence-corrected chi connectivity index (χ4v) is 1.58. The molecule has 1 unspecified atom stereocenters. The first-order valence-corrected chi connectivity index (χ1v) is 6.93. The molecule has 0 amide bonds. The third kappa shape index (κ3) is 7.77. The van der Waals surface area contributed by atoms with E-state index in [9.17, 15) is 0 Å². The van der Waals surface area contributed by atoms with Gasteiger partial charge in [-0.05, 0) is 52.4 Å². The minimum atomic E-state index is 0.190. The maximum atomic E-state index is 5.69. The fraction of sp³-hybridized carbons (Fsp3) is 1.00. The third-order valence-corrected chi connectivity index (χ3v) is 3.54. The second-order valence-corrected chi connectivity index (χ2v) is 7.08. The molecule has 0 aromatic carbocycles. The van der Waals surface area contributed by atoms with Crippen LogP contribution in [0.3, 0.4) is 0 Å². The minimum Gasteiger partial charge on any atom is -0.379 e. The summed E-state index contributed by atoms with van der Waals surface area (Å²) in [5, 5.41) is 3.63. The van der Waals surface area contributed by atoms with Crippen molar-refractivity contribution < 1.29 is 4.74 Å². The zero-order valence-electron chi connectivity index (χ0n) is 13.2. The van der Waals surface area contributed by atoms with E-state index in [0.29, 0.717) is 17.4 Å². The second kappa shape index (κ2) is 6.75. The molecular weight excluding hydrogens is 210 g/mol. The van der Waals surface area contributed by atoms with Gasteiger partial charge >= 0.3 is 0 Å². The predicted molar refractivity (Wildman–Crippen MR) is 76.4 cm³/mol. The van der Waals surface area contributed by atoms with Gasteiger partial charge in [0.25, 0.3) is 0 Å². The van der Waals surface area contributed by atoms with Crippen molar-refractivity contribution in [3.8, 4) is 0 Å². The van der Waals surface area contributed by atoms with Gasteiger partial charge in [0.2, 0.25) is 0 Å². The highest BCUT2D eigenvalue weighted by molar-refractivity contribution is 4.83. The molecule has 0 saturated carbocycles. The van der Waals surface area contributed by atoms with Gasteiger partial charge in [-0.15, -0.1) is 0 Å². The van der Waals surface area contributed by atoms with Crippen LogP contribution in [0.15, 0.2) is 0 Å². The van der Waals surface area contributed by atoms with Gasteiger partial charge in [-0.3, -0.25) is 0 Å². The third-order valence-electron chi connectivity index (χ3n) is 3.54. The second-order valence-electron chi connectivity index (χ2n) is 7.08. The first-order chi connectivity index (χ1) is 7.57. The van der Waals surface area contributed by atoms with E-state index in [1.54, 1.807) is 0 Å². The number of rotatable bonds is 7. The van der Waals surface area contributed by atoms with Gasteiger partial charge in [0.05, 0.1) is 6.10 Å². The molecule has 104 valence electrons. The standard InChI is InChI=1S/C15H33NO/c1-12(2)15(8,9-10-17-13(3)4)11-16-14(5,6)7/h12-13,16H,9-11H2,1-8H3. The topological polar surface area (TPSA) is 21.3 Å². The van der Waals surface area contributed by atoms with Gasteiger partial charge in [0.1, 0.15) is 0 Å². The predicted octanol–water partition coefficient (Wildman–Crippen LogP) is 3.85. The largest absolute Gasteiger partial charge is 0.379 e. The molecule has 1 atom stereocenters. The number of ether oxygens (including phenoxy) is 1. The zero-order valence-corrected chi connectivity index (χ0v) is 13.2. The highest BCUT2D eigenvalue weighted by Crippen LogP contribution is 2.31. The van der Waals surface area contributed by atoms with Gasteiger partial charge in [0.15, 0.2) is 0 Å². The van der Waals surface area contributed by atoms with Crippen LogP contribution in [0.1, 0.15) is 61.8 Å². The van der Waals surface area contributed by atoms with E-state index in [4.69, 9.17) is 4.74 Å². The number of nitrogens with one attached hydrogen (secondary N) is 1. The Kier molecular flexibility index (Phi) is 6.71. The van der Waals surface area contributed by atoms with Crippen LogP contribution < -0.4 is 5.32 Å². The summed E-state index contributed by atoms with van der Waals surface area (Å²) in [6, 6.07) is 0. The van der Waals surface area contributed by atoms with Gasteiger partial charge in [-0.2, -0.15) is 0 Å². The van der Waals surface area contributed by atoms with Crippen molar-refractivity contribution in [2.75, 3.05) is 13.2 Å². The summed E-state index contributed by atoms with van der Waals surface area (Å²) in [6.45, 7) is 19.7. The van der Waals surface area contributed by atoms with Crippen LogP contribution in [-0.4, -0.2) is 24.8 Å². The van der Waals surface area contributed by atoms with E-state index in [0.717, 1.165) is 19.6 Å². The molecule has 0 aliphatic carbocycles. The van der Waals surface area contributed by atoms with E-state index < -0.39 is 0 Å². The smallest absolute Gasteiger partial charge is 0.0518 e. The molecule has 0 rings (SSSR count). The van der Waals surface area contributed by atoms with Crippen LogP contribution in [0.2, 0.25) is 0 Å². The van der Waals surface area contributed by atoms with Gasteiger partial charge in [0, 0.05) is 18.7 Å². The lowest BCUT2D eigenvalue weighted by Gasteiger charge is -2.37. The van der Waals surface area contributed by atoms with E-state index >= 15 is 0 Å². The Hall–Kier alpha value is -0.0800. The molecule has 0 radical (unpaired) electrons. The summed E-state index contributed by atoms with van der Waals surface area (Å²) in [4.78, 5) is 0. The number of hydrogen-bond acceptors (Lipinski definition) is 2. The maximum absolute atomic E-state index is 5.69. The highest BCUT2D eigenvalue weighted by Gasteiger charge is 2.29. The van der Waals surface area contributed by atoms with E-state index in [-0.39, 0.29) is 5.54 Å². The van der Waals surface area contributed by atoms with Crippen LogP contribution in [0.4, 0.5) is 0 Å². The lowest BCUT2D eigenvalue weighted by Crippen LogP contribution is -2.45. The van der Waals surface area contributed by atoms with E-state index in [2.05, 4.69) is 60.7 Å². The zero-order chi connectivity index (χ0) is 13.7. The first kappa shape index (κ1) is 16.9. The van der Waals surface area contributed by atoms with E-state index in [1.807, 2.05) is 0 Å². The molecule has 0 bridgehead atoms. The summed E-state index contributed by atoms with van der Waals surface area (Å²) in [5.74, 6) is 0.660. The maximum Gasteiger partial charge on any atom is 0.0518 e. The lowest BCUT2D eigenvalue weighted by molar-refractivity contribution is 0.0404. The van der Waals surface area contributed by atoms with Crippen LogP contribution in [0.25, 0.3) is 0 Å². The van der Waals surface area contributed by atoms with Crippen LogP contribution in [0.5, 0.6) is 0 Å². The Morgan fingerprint density at radius 1 is 1.00 bits per heavy atom. The molecule has 2 nitrogen and oxygen atoms in total. The molecule has 0 aromatic heterocycles. The van der Waals surface area contributed by atoms with Crippen molar-refractivity contribution in [1.82, 2.24) is 5.32 Å². The molecule has 1 N–H and O–H groups in total.